The lowest BCUT2D eigenvalue weighted by Crippen LogP contribution is -2.68. The van der Waals surface area contributed by atoms with Gasteiger partial charge in [0.1, 0.15) is 0 Å². The van der Waals surface area contributed by atoms with Crippen molar-refractivity contribution in [3.8, 4) is 0 Å². The van der Waals surface area contributed by atoms with Crippen LogP contribution >= 0.6 is 0 Å². The Morgan fingerprint density at radius 2 is 2.00 bits per heavy atom. The maximum absolute atomic E-state index is 12.0. The summed E-state index contributed by atoms with van der Waals surface area (Å²) in [5.41, 5.74) is 0.174. The van der Waals surface area contributed by atoms with Gasteiger partial charge in [-0.15, -0.1) is 0 Å². The number of hydrogen-bond donors (Lipinski definition) is 2. The lowest BCUT2D eigenvalue weighted by atomic mass is 9.51. The Hall–Kier alpha value is -1.10. The number of hydrogen-bond acceptors (Lipinski definition) is 3. The largest absolute Gasteiger partial charge is 0.378 e. The number of nitrogens with one attached hydrogen (secondary N) is 2. The third-order valence-electron chi connectivity index (χ3n) is 5.17. The highest BCUT2D eigenvalue weighted by Crippen LogP contribution is 2.57. The normalized spacial score (nSPS) is 25.5. The summed E-state index contributed by atoms with van der Waals surface area (Å²) in [6.07, 6.45) is 6.06. The van der Waals surface area contributed by atoms with Crippen molar-refractivity contribution in [2.45, 2.75) is 71.4 Å². The molecular formula is C17H30N2O3. The molecule has 2 amide bonds. The second kappa shape index (κ2) is 7.44. The van der Waals surface area contributed by atoms with Gasteiger partial charge >= 0.3 is 0 Å². The van der Waals surface area contributed by atoms with Gasteiger partial charge in [-0.2, -0.15) is 0 Å². The predicted octanol–water partition coefficient (Wildman–Crippen LogP) is 2.00. The summed E-state index contributed by atoms with van der Waals surface area (Å²) in [6.45, 7) is 7.01. The van der Waals surface area contributed by atoms with Crippen LogP contribution in [0.25, 0.3) is 0 Å². The minimum absolute atomic E-state index is 0.0389. The first kappa shape index (κ1) is 17.3. The first-order valence-electron chi connectivity index (χ1n) is 8.65. The average molecular weight is 310 g/mol. The van der Waals surface area contributed by atoms with Crippen LogP contribution in [-0.4, -0.2) is 37.1 Å². The van der Waals surface area contributed by atoms with Crippen molar-refractivity contribution < 1.29 is 14.3 Å². The first-order valence-corrected chi connectivity index (χ1v) is 8.65. The Bertz CT molecular complexity index is 405. The fourth-order valence-electron chi connectivity index (χ4n) is 3.57. The van der Waals surface area contributed by atoms with E-state index in [1.165, 1.54) is 6.42 Å². The Labute approximate surface area is 133 Å². The third-order valence-corrected chi connectivity index (χ3v) is 5.17. The summed E-state index contributed by atoms with van der Waals surface area (Å²) >= 11 is 0. The molecule has 22 heavy (non-hydrogen) atoms. The number of ether oxygens (including phenoxy) is 1. The topological polar surface area (TPSA) is 67.4 Å². The minimum Gasteiger partial charge on any atom is -0.378 e. The van der Waals surface area contributed by atoms with E-state index in [9.17, 15) is 9.59 Å². The number of rotatable bonds is 8. The maximum atomic E-state index is 12.0. The molecule has 0 aromatic carbocycles. The molecule has 2 aliphatic carbocycles. The van der Waals surface area contributed by atoms with E-state index in [-0.39, 0.29) is 29.8 Å². The Balaban J connectivity index is 1.68. The SMILES string of the molecule is CCO[C@H]1C[C@H](NC(=O)CNC(=O)CCC(C)C)C12CCC2. The molecule has 2 fully saturated rings. The van der Waals surface area contributed by atoms with E-state index in [4.69, 9.17) is 4.74 Å². The van der Waals surface area contributed by atoms with Crippen molar-refractivity contribution in [3.05, 3.63) is 0 Å². The van der Waals surface area contributed by atoms with E-state index in [2.05, 4.69) is 24.5 Å². The van der Waals surface area contributed by atoms with Crippen molar-refractivity contribution in [2.75, 3.05) is 13.2 Å². The Kier molecular flexibility index (Phi) is 5.84. The lowest BCUT2D eigenvalue weighted by Gasteiger charge is -2.61. The summed E-state index contributed by atoms with van der Waals surface area (Å²) < 4.78 is 5.78. The van der Waals surface area contributed by atoms with E-state index < -0.39 is 0 Å². The van der Waals surface area contributed by atoms with Gasteiger partial charge < -0.3 is 15.4 Å². The third kappa shape index (κ3) is 3.80. The van der Waals surface area contributed by atoms with Crippen LogP contribution < -0.4 is 10.6 Å². The minimum atomic E-state index is -0.0795. The zero-order chi connectivity index (χ0) is 16.2. The fourth-order valence-corrected chi connectivity index (χ4v) is 3.57. The zero-order valence-electron chi connectivity index (χ0n) is 14.1. The van der Waals surface area contributed by atoms with Crippen LogP contribution in [-0.2, 0) is 14.3 Å². The van der Waals surface area contributed by atoms with Gasteiger partial charge in [-0.3, -0.25) is 9.59 Å². The van der Waals surface area contributed by atoms with Crippen molar-refractivity contribution in [2.24, 2.45) is 11.3 Å². The number of carbonyl (C=O) groups is 2. The van der Waals surface area contributed by atoms with Gasteiger partial charge in [0.25, 0.3) is 0 Å². The van der Waals surface area contributed by atoms with Gasteiger partial charge in [-0.25, -0.2) is 0 Å². The second-order valence-electron chi connectivity index (χ2n) is 7.10. The van der Waals surface area contributed by atoms with E-state index in [0.29, 0.717) is 18.4 Å². The van der Waals surface area contributed by atoms with E-state index >= 15 is 0 Å². The molecule has 2 N–H and O–H groups in total. The van der Waals surface area contributed by atoms with Crippen LogP contribution in [0, 0.1) is 11.3 Å². The molecule has 0 aliphatic heterocycles. The molecule has 2 rings (SSSR count). The average Bonchev–Trinajstić information content (AvgIpc) is 2.39. The van der Waals surface area contributed by atoms with Crippen LogP contribution in [0.4, 0.5) is 0 Å². The van der Waals surface area contributed by atoms with Crippen molar-refractivity contribution in [3.63, 3.8) is 0 Å². The fraction of sp³-hybridized carbons (Fsp3) is 0.882. The maximum Gasteiger partial charge on any atom is 0.239 e. The van der Waals surface area contributed by atoms with Crippen LogP contribution in [0.15, 0.2) is 0 Å². The molecule has 0 bridgehead atoms. The number of amides is 2. The molecule has 0 heterocycles. The molecule has 2 aliphatic rings. The van der Waals surface area contributed by atoms with Crippen LogP contribution in [0.2, 0.25) is 0 Å². The van der Waals surface area contributed by atoms with Gasteiger partial charge in [0, 0.05) is 24.5 Å². The molecule has 5 heteroatoms. The van der Waals surface area contributed by atoms with E-state index in [0.717, 1.165) is 32.3 Å². The summed E-state index contributed by atoms with van der Waals surface area (Å²) in [5.74, 6) is 0.385. The summed E-state index contributed by atoms with van der Waals surface area (Å²) in [6, 6.07) is 0.220. The molecule has 5 nitrogen and oxygen atoms in total. The van der Waals surface area contributed by atoms with Crippen LogP contribution in [0.1, 0.15) is 59.3 Å². The Morgan fingerprint density at radius 3 is 2.55 bits per heavy atom. The standard InChI is InChI=1S/C17H30N2O3/c1-4-22-14-10-13(17(14)8-5-9-17)19-16(21)11-18-15(20)7-6-12(2)3/h12-14H,4-11H2,1-3H3,(H,18,20)(H,19,21)/t13-,14-/m0/s1. The smallest absolute Gasteiger partial charge is 0.239 e. The first-order chi connectivity index (χ1) is 10.5. The van der Waals surface area contributed by atoms with Crippen molar-refractivity contribution in [1.82, 2.24) is 10.6 Å². The summed E-state index contributed by atoms with van der Waals surface area (Å²) in [4.78, 5) is 23.7. The summed E-state index contributed by atoms with van der Waals surface area (Å²) in [5, 5.41) is 5.79. The van der Waals surface area contributed by atoms with E-state index in [1.807, 2.05) is 6.92 Å². The molecule has 0 aromatic heterocycles. The molecule has 0 unspecified atom stereocenters. The molecule has 126 valence electrons. The molecule has 0 aromatic rings. The number of carbonyl (C=O) groups excluding carboxylic acids is 2. The van der Waals surface area contributed by atoms with E-state index in [1.54, 1.807) is 0 Å². The highest BCUT2D eigenvalue weighted by molar-refractivity contribution is 5.84. The van der Waals surface area contributed by atoms with Gasteiger partial charge in [0.05, 0.1) is 12.6 Å². The molecule has 2 saturated carbocycles. The zero-order valence-corrected chi connectivity index (χ0v) is 14.1. The molecular weight excluding hydrogens is 280 g/mol. The van der Waals surface area contributed by atoms with Crippen LogP contribution in [0.5, 0.6) is 0 Å². The molecule has 2 atom stereocenters. The predicted molar refractivity (Wildman–Crippen MR) is 85.3 cm³/mol. The van der Waals surface area contributed by atoms with Crippen molar-refractivity contribution in [1.29, 1.82) is 0 Å². The summed E-state index contributed by atoms with van der Waals surface area (Å²) in [7, 11) is 0. The Morgan fingerprint density at radius 1 is 1.27 bits per heavy atom. The lowest BCUT2D eigenvalue weighted by molar-refractivity contribution is -0.175. The molecule has 0 saturated heterocycles. The highest BCUT2D eigenvalue weighted by Gasteiger charge is 2.59. The highest BCUT2D eigenvalue weighted by atomic mass is 16.5. The van der Waals surface area contributed by atoms with Crippen molar-refractivity contribution >= 4 is 11.8 Å². The quantitative estimate of drug-likeness (QED) is 0.720. The second-order valence-corrected chi connectivity index (χ2v) is 7.10. The molecule has 0 radical (unpaired) electrons. The molecule has 1 spiro atoms. The monoisotopic (exact) mass is 310 g/mol. The van der Waals surface area contributed by atoms with Gasteiger partial charge in [0.2, 0.25) is 11.8 Å². The van der Waals surface area contributed by atoms with Gasteiger partial charge in [-0.05, 0) is 38.5 Å². The van der Waals surface area contributed by atoms with Gasteiger partial charge in [-0.1, -0.05) is 20.3 Å². The van der Waals surface area contributed by atoms with Gasteiger partial charge in [0.15, 0.2) is 0 Å². The van der Waals surface area contributed by atoms with Crippen LogP contribution in [0.3, 0.4) is 0 Å².